The maximum atomic E-state index is 13.1. The summed E-state index contributed by atoms with van der Waals surface area (Å²) in [5.74, 6) is -0.318. The van der Waals surface area contributed by atoms with E-state index < -0.39 is 0 Å². The molecule has 8 heteroatoms. The maximum absolute atomic E-state index is 13.1. The van der Waals surface area contributed by atoms with Gasteiger partial charge in [-0.2, -0.15) is 5.10 Å². The lowest BCUT2D eigenvalue weighted by Gasteiger charge is -2.34. The standard InChI is InChI=1S/C20H21FN4O3/c1-23-18(26)7-6-17(22-23)20(28)25-10-8-24(9-11-25)19(27)16-12-15(16)13-2-4-14(21)5-3-13/h2-7,15-16H,8-12H2,1H3. The Morgan fingerprint density at radius 1 is 1.00 bits per heavy atom. The fourth-order valence-electron chi connectivity index (χ4n) is 3.69. The van der Waals surface area contributed by atoms with Gasteiger partial charge < -0.3 is 9.80 Å². The Labute approximate surface area is 161 Å². The van der Waals surface area contributed by atoms with Crippen LogP contribution in [0.25, 0.3) is 0 Å². The Hall–Kier alpha value is -3.03. The number of aryl methyl sites for hydroxylation is 1. The number of hydrogen-bond donors (Lipinski definition) is 0. The zero-order chi connectivity index (χ0) is 19.8. The van der Waals surface area contributed by atoms with Gasteiger partial charge in [-0.05, 0) is 36.1 Å². The van der Waals surface area contributed by atoms with Gasteiger partial charge in [0.25, 0.3) is 11.5 Å². The van der Waals surface area contributed by atoms with Gasteiger partial charge in [0.15, 0.2) is 0 Å². The molecule has 1 aromatic heterocycles. The SMILES string of the molecule is Cn1nc(C(=O)N2CCN(C(=O)C3CC3c3ccc(F)cc3)CC2)ccc1=O. The van der Waals surface area contributed by atoms with Crippen molar-refractivity contribution in [2.75, 3.05) is 26.2 Å². The molecule has 2 unspecified atom stereocenters. The van der Waals surface area contributed by atoms with Crippen molar-refractivity contribution in [2.45, 2.75) is 12.3 Å². The average molecular weight is 384 g/mol. The summed E-state index contributed by atoms with van der Waals surface area (Å²) in [6.07, 6.45) is 0.783. The molecule has 4 rings (SSSR count). The van der Waals surface area contributed by atoms with Crippen LogP contribution in [0, 0.1) is 11.7 Å². The molecule has 0 radical (unpaired) electrons. The Kier molecular flexibility index (Phi) is 4.70. The van der Waals surface area contributed by atoms with Crippen molar-refractivity contribution in [2.24, 2.45) is 13.0 Å². The minimum Gasteiger partial charge on any atom is -0.339 e. The fourth-order valence-corrected chi connectivity index (χ4v) is 3.69. The van der Waals surface area contributed by atoms with Crippen molar-refractivity contribution < 1.29 is 14.0 Å². The third-order valence-corrected chi connectivity index (χ3v) is 5.46. The van der Waals surface area contributed by atoms with Gasteiger partial charge in [-0.3, -0.25) is 14.4 Å². The third-order valence-electron chi connectivity index (χ3n) is 5.46. The van der Waals surface area contributed by atoms with E-state index in [0.29, 0.717) is 26.2 Å². The number of carbonyl (C=O) groups is 2. The van der Waals surface area contributed by atoms with Crippen molar-refractivity contribution in [3.63, 3.8) is 0 Å². The monoisotopic (exact) mass is 384 g/mol. The van der Waals surface area contributed by atoms with E-state index in [1.807, 2.05) is 0 Å². The number of benzene rings is 1. The maximum Gasteiger partial charge on any atom is 0.274 e. The summed E-state index contributed by atoms with van der Waals surface area (Å²) in [5.41, 5.74) is 0.946. The highest BCUT2D eigenvalue weighted by atomic mass is 19.1. The molecule has 1 aliphatic carbocycles. The zero-order valence-electron chi connectivity index (χ0n) is 15.5. The molecular formula is C20H21FN4O3. The van der Waals surface area contributed by atoms with Crippen LogP contribution in [0.1, 0.15) is 28.4 Å². The normalized spacial score (nSPS) is 21.5. The smallest absolute Gasteiger partial charge is 0.274 e. The first-order valence-corrected chi connectivity index (χ1v) is 9.32. The van der Waals surface area contributed by atoms with Crippen molar-refractivity contribution in [3.8, 4) is 0 Å². The quantitative estimate of drug-likeness (QED) is 0.792. The molecule has 1 saturated carbocycles. The number of aromatic nitrogens is 2. The Bertz CT molecular complexity index is 964. The summed E-state index contributed by atoms with van der Waals surface area (Å²) in [5, 5.41) is 4.00. The largest absolute Gasteiger partial charge is 0.339 e. The van der Waals surface area contributed by atoms with Crippen LogP contribution >= 0.6 is 0 Å². The number of piperazine rings is 1. The Balaban J connectivity index is 1.33. The molecule has 2 heterocycles. The molecule has 146 valence electrons. The first kappa shape index (κ1) is 18.3. The molecule has 28 heavy (non-hydrogen) atoms. The Morgan fingerprint density at radius 3 is 2.29 bits per heavy atom. The van der Waals surface area contributed by atoms with Crippen LogP contribution in [-0.4, -0.2) is 57.6 Å². The molecule has 1 saturated heterocycles. The van der Waals surface area contributed by atoms with Gasteiger partial charge in [0, 0.05) is 45.2 Å². The van der Waals surface area contributed by atoms with Crippen LogP contribution in [-0.2, 0) is 11.8 Å². The van der Waals surface area contributed by atoms with E-state index in [2.05, 4.69) is 5.10 Å². The molecule has 2 atom stereocenters. The number of halogens is 1. The van der Waals surface area contributed by atoms with Crippen LogP contribution < -0.4 is 5.56 Å². The van der Waals surface area contributed by atoms with Crippen molar-refractivity contribution >= 4 is 11.8 Å². The minimum atomic E-state index is -0.277. The number of nitrogens with zero attached hydrogens (tertiary/aromatic N) is 4. The van der Waals surface area contributed by atoms with Gasteiger partial charge in [-0.15, -0.1) is 0 Å². The van der Waals surface area contributed by atoms with E-state index in [-0.39, 0.29) is 40.7 Å². The van der Waals surface area contributed by atoms with E-state index >= 15 is 0 Å². The second kappa shape index (κ2) is 7.18. The molecule has 2 fully saturated rings. The molecule has 7 nitrogen and oxygen atoms in total. The summed E-state index contributed by atoms with van der Waals surface area (Å²) in [6, 6.07) is 9.08. The van der Waals surface area contributed by atoms with Crippen LogP contribution in [0.3, 0.4) is 0 Å². The molecule has 1 aromatic carbocycles. The van der Waals surface area contributed by atoms with Crippen LogP contribution in [0.15, 0.2) is 41.2 Å². The molecule has 2 amide bonds. The number of carbonyl (C=O) groups excluding carboxylic acids is 2. The van der Waals surface area contributed by atoms with Crippen LogP contribution in [0.2, 0.25) is 0 Å². The number of hydrogen-bond acceptors (Lipinski definition) is 4. The summed E-state index contributed by atoms with van der Waals surface area (Å²) >= 11 is 0. The van der Waals surface area contributed by atoms with E-state index in [9.17, 15) is 18.8 Å². The van der Waals surface area contributed by atoms with E-state index in [4.69, 9.17) is 0 Å². The van der Waals surface area contributed by atoms with Crippen LogP contribution in [0.5, 0.6) is 0 Å². The highest BCUT2D eigenvalue weighted by Gasteiger charge is 2.46. The lowest BCUT2D eigenvalue weighted by atomic mass is 10.1. The first-order valence-electron chi connectivity index (χ1n) is 9.32. The topological polar surface area (TPSA) is 75.5 Å². The van der Waals surface area contributed by atoms with Gasteiger partial charge in [0.05, 0.1) is 0 Å². The van der Waals surface area contributed by atoms with Gasteiger partial charge in [-0.1, -0.05) is 12.1 Å². The molecule has 1 aliphatic heterocycles. The van der Waals surface area contributed by atoms with E-state index in [1.54, 1.807) is 21.9 Å². The van der Waals surface area contributed by atoms with Gasteiger partial charge in [-0.25, -0.2) is 9.07 Å². The lowest BCUT2D eigenvalue weighted by Crippen LogP contribution is -2.51. The number of amides is 2. The minimum absolute atomic E-state index is 0.0574. The second-order valence-corrected chi connectivity index (χ2v) is 7.30. The molecule has 0 N–H and O–H groups in total. The van der Waals surface area contributed by atoms with Gasteiger partial charge >= 0.3 is 0 Å². The second-order valence-electron chi connectivity index (χ2n) is 7.30. The molecule has 2 aromatic rings. The van der Waals surface area contributed by atoms with Crippen molar-refractivity contribution in [3.05, 3.63) is 63.8 Å². The summed E-state index contributed by atoms with van der Waals surface area (Å²) < 4.78 is 14.2. The fraction of sp³-hybridized carbons (Fsp3) is 0.400. The predicted octanol–water partition coefficient (Wildman–Crippen LogP) is 1.01. The van der Waals surface area contributed by atoms with Crippen molar-refractivity contribution in [1.29, 1.82) is 0 Å². The third kappa shape index (κ3) is 3.54. The zero-order valence-corrected chi connectivity index (χ0v) is 15.5. The molecule has 0 bridgehead atoms. The number of rotatable bonds is 3. The predicted molar refractivity (Wildman–Crippen MR) is 99.2 cm³/mol. The summed E-state index contributed by atoms with van der Waals surface area (Å²) in [4.78, 5) is 40.2. The van der Waals surface area contributed by atoms with Gasteiger partial charge in [0.1, 0.15) is 11.5 Å². The highest BCUT2D eigenvalue weighted by molar-refractivity contribution is 5.92. The summed E-state index contributed by atoms with van der Waals surface area (Å²) in [7, 11) is 1.50. The molecular weight excluding hydrogens is 363 g/mol. The highest BCUT2D eigenvalue weighted by Crippen LogP contribution is 2.48. The van der Waals surface area contributed by atoms with E-state index in [1.165, 1.54) is 31.3 Å². The van der Waals surface area contributed by atoms with Crippen molar-refractivity contribution in [1.82, 2.24) is 19.6 Å². The summed E-state index contributed by atoms with van der Waals surface area (Å²) in [6.45, 7) is 1.82. The van der Waals surface area contributed by atoms with Crippen LogP contribution in [0.4, 0.5) is 4.39 Å². The molecule has 2 aliphatic rings. The first-order chi connectivity index (χ1) is 13.4. The molecule has 0 spiro atoms. The van der Waals surface area contributed by atoms with E-state index in [0.717, 1.165) is 16.7 Å². The van der Waals surface area contributed by atoms with Gasteiger partial charge in [0.2, 0.25) is 5.91 Å². The lowest BCUT2D eigenvalue weighted by molar-refractivity contribution is -0.134. The average Bonchev–Trinajstić information content (AvgIpc) is 3.50. The Morgan fingerprint density at radius 2 is 1.64 bits per heavy atom.